The summed E-state index contributed by atoms with van der Waals surface area (Å²) >= 11 is 0. The molecule has 1 aromatic heterocycles. The minimum Gasteiger partial charge on any atom is -0.493 e. The third-order valence-corrected chi connectivity index (χ3v) is 7.99. The fourth-order valence-electron chi connectivity index (χ4n) is 5.07. The van der Waals surface area contributed by atoms with E-state index in [1.54, 1.807) is 11.0 Å². The molecule has 1 heterocycles. The van der Waals surface area contributed by atoms with Gasteiger partial charge in [-0.15, -0.1) is 5.10 Å². The minimum atomic E-state index is -0.738. The molecule has 1 N–H and O–H groups in total. The van der Waals surface area contributed by atoms with Crippen LogP contribution < -0.4 is 4.74 Å². The molecule has 2 aromatic carbocycles. The van der Waals surface area contributed by atoms with E-state index >= 15 is 0 Å². The van der Waals surface area contributed by atoms with Gasteiger partial charge in [0.15, 0.2) is 0 Å². The smallest absolute Gasteiger partial charge is 0.138 e. The molecule has 0 bridgehead atoms. The van der Waals surface area contributed by atoms with Crippen molar-refractivity contribution < 1.29 is 9.84 Å². The Bertz CT molecular complexity index is 1150. The van der Waals surface area contributed by atoms with E-state index in [2.05, 4.69) is 85.7 Å². The number of rotatable bonds is 14. The van der Waals surface area contributed by atoms with E-state index in [0.717, 1.165) is 43.5 Å². The van der Waals surface area contributed by atoms with Gasteiger partial charge in [0, 0.05) is 12.0 Å². The van der Waals surface area contributed by atoms with Gasteiger partial charge in [-0.1, -0.05) is 70.2 Å². The Morgan fingerprint density at radius 3 is 2.14 bits per heavy atom. The Hall–Kier alpha value is -2.99. The average molecular weight is 505 g/mol. The number of benzene rings is 2. The third-order valence-electron chi connectivity index (χ3n) is 7.99. The number of aryl methyl sites for hydroxylation is 3. The lowest BCUT2D eigenvalue weighted by Gasteiger charge is -2.34. The predicted molar refractivity (Wildman–Crippen MR) is 151 cm³/mol. The van der Waals surface area contributed by atoms with Gasteiger partial charge in [-0.05, 0) is 96.7 Å². The van der Waals surface area contributed by atoms with Crippen LogP contribution in [0.15, 0.2) is 48.8 Å². The van der Waals surface area contributed by atoms with E-state index in [1.165, 1.54) is 22.3 Å². The molecule has 0 radical (unpaired) electrons. The van der Waals surface area contributed by atoms with Crippen molar-refractivity contribution in [1.29, 1.82) is 0 Å². The van der Waals surface area contributed by atoms with Crippen LogP contribution in [0.2, 0.25) is 0 Å². The molecule has 0 amide bonds. The van der Waals surface area contributed by atoms with Crippen molar-refractivity contribution in [2.45, 2.75) is 97.6 Å². The van der Waals surface area contributed by atoms with Crippen LogP contribution in [0.1, 0.15) is 94.0 Å². The Balaban J connectivity index is 1.75. The van der Waals surface area contributed by atoms with Gasteiger partial charge in [-0.25, -0.2) is 4.68 Å². The van der Waals surface area contributed by atoms with Gasteiger partial charge in [0.1, 0.15) is 12.1 Å². The zero-order valence-corrected chi connectivity index (χ0v) is 23.5. The van der Waals surface area contributed by atoms with Crippen LogP contribution in [0, 0.1) is 13.8 Å². The summed E-state index contributed by atoms with van der Waals surface area (Å²) < 4.78 is 7.86. The summed E-state index contributed by atoms with van der Waals surface area (Å²) in [5, 5.41) is 21.9. The predicted octanol–water partition coefficient (Wildman–Crippen LogP) is 6.82. The largest absolute Gasteiger partial charge is 0.493 e. The number of tetrazole rings is 1. The molecule has 0 saturated heterocycles. The third kappa shape index (κ3) is 6.86. The zero-order valence-electron chi connectivity index (χ0n) is 23.5. The van der Waals surface area contributed by atoms with Gasteiger partial charge in [0.05, 0.1) is 12.2 Å². The first kappa shape index (κ1) is 28.6. The Labute approximate surface area is 222 Å². The van der Waals surface area contributed by atoms with E-state index in [1.807, 2.05) is 19.9 Å². The molecule has 37 heavy (non-hydrogen) atoms. The molecule has 0 saturated carbocycles. The fraction of sp³-hybridized carbons (Fsp3) is 0.516. The number of nitrogens with zero attached hydrogens (tertiary/aromatic N) is 4. The fourth-order valence-corrected chi connectivity index (χ4v) is 5.07. The maximum Gasteiger partial charge on any atom is 0.138 e. The van der Waals surface area contributed by atoms with Crippen LogP contribution >= 0.6 is 0 Å². The summed E-state index contributed by atoms with van der Waals surface area (Å²) in [6.07, 6.45) is 11.0. The second kappa shape index (κ2) is 13.0. The Morgan fingerprint density at radius 2 is 1.57 bits per heavy atom. The number of hydrogen-bond donors (Lipinski definition) is 1. The lowest BCUT2D eigenvalue weighted by molar-refractivity contribution is 0.0836. The van der Waals surface area contributed by atoms with Crippen molar-refractivity contribution in [3.63, 3.8) is 0 Å². The molecule has 0 atom stereocenters. The highest BCUT2D eigenvalue weighted by Gasteiger charge is 2.31. The lowest BCUT2D eigenvalue weighted by Crippen LogP contribution is -2.26. The van der Waals surface area contributed by atoms with Gasteiger partial charge >= 0.3 is 0 Å². The molecule has 3 aromatic rings. The van der Waals surface area contributed by atoms with E-state index < -0.39 is 5.60 Å². The lowest BCUT2D eigenvalue weighted by atomic mass is 9.70. The number of aliphatic hydroxyl groups is 1. The molecule has 200 valence electrons. The van der Waals surface area contributed by atoms with Crippen molar-refractivity contribution in [2.75, 3.05) is 6.61 Å². The molecular formula is C31H44N4O2. The quantitative estimate of drug-likeness (QED) is 0.244. The standard InChI is InChI=1S/C31H44N4O2/c1-7-30(36,8-2)18-17-26-13-14-27(21-24(26)5)31(9-3,10-4)28-15-16-29(25(6)22-28)37-20-12-11-19-35-23-32-33-34-35/h13-18,21-23,36H,7-12,19-20H2,1-6H3. The van der Waals surface area contributed by atoms with E-state index in [0.29, 0.717) is 19.4 Å². The normalized spacial score (nSPS) is 12.4. The minimum absolute atomic E-state index is 0.0598. The topological polar surface area (TPSA) is 73.1 Å². The van der Waals surface area contributed by atoms with Crippen LogP contribution in [-0.2, 0) is 12.0 Å². The number of aromatic nitrogens is 4. The Kier molecular flexibility index (Phi) is 10.0. The van der Waals surface area contributed by atoms with E-state index in [-0.39, 0.29) is 5.41 Å². The summed E-state index contributed by atoms with van der Waals surface area (Å²) in [6, 6.07) is 13.5. The summed E-state index contributed by atoms with van der Waals surface area (Å²) in [4.78, 5) is 0. The van der Waals surface area contributed by atoms with Gasteiger partial charge in [-0.3, -0.25) is 0 Å². The van der Waals surface area contributed by atoms with Crippen LogP contribution in [0.25, 0.3) is 6.08 Å². The highest BCUT2D eigenvalue weighted by Crippen LogP contribution is 2.41. The van der Waals surface area contributed by atoms with E-state index in [4.69, 9.17) is 4.74 Å². The van der Waals surface area contributed by atoms with Gasteiger partial charge < -0.3 is 9.84 Å². The molecule has 0 spiro atoms. The van der Waals surface area contributed by atoms with Crippen molar-refractivity contribution in [1.82, 2.24) is 20.2 Å². The molecule has 0 aliphatic carbocycles. The van der Waals surface area contributed by atoms with Crippen molar-refractivity contribution in [2.24, 2.45) is 0 Å². The molecule has 6 nitrogen and oxygen atoms in total. The summed E-state index contributed by atoms with van der Waals surface area (Å²) in [5.41, 5.74) is 5.42. The second-order valence-electron chi connectivity index (χ2n) is 10.1. The van der Waals surface area contributed by atoms with Crippen LogP contribution in [-0.4, -0.2) is 37.5 Å². The van der Waals surface area contributed by atoms with Gasteiger partial charge in [0.25, 0.3) is 0 Å². The monoisotopic (exact) mass is 504 g/mol. The molecule has 6 heteroatoms. The molecule has 0 aliphatic heterocycles. The molecule has 0 fully saturated rings. The van der Waals surface area contributed by atoms with Crippen LogP contribution in [0.4, 0.5) is 0 Å². The summed E-state index contributed by atoms with van der Waals surface area (Å²) in [7, 11) is 0. The van der Waals surface area contributed by atoms with Crippen LogP contribution in [0.5, 0.6) is 5.75 Å². The van der Waals surface area contributed by atoms with Crippen LogP contribution in [0.3, 0.4) is 0 Å². The first-order chi connectivity index (χ1) is 17.8. The SMILES string of the molecule is CCC(O)(C=Cc1ccc(C(CC)(CC)c2ccc(OCCCCn3cnnn3)c(C)c2)cc1C)CC. The zero-order chi connectivity index (χ0) is 26.9. The summed E-state index contributed by atoms with van der Waals surface area (Å²) in [5.74, 6) is 0.947. The van der Waals surface area contributed by atoms with Crippen molar-refractivity contribution >= 4 is 6.08 Å². The average Bonchev–Trinajstić information content (AvgIpc) is 3.43. The second-order valence-corrected chi connectivity index (χ2v) is 10.1. The van der Waals surface area contributed by atoms with Gasteiger partial charge in [-0.2, -0.15) is 0 Å². The highest BCUT2D eigenvalue weighted by molar-refractivity contribution is 5.57. The van der Waals surface area contributed by atoms with Gasteiger partial charge in [0.2, 0.25) is 0 Å². The Morgan fingerprint density at radius 1 is 0.892 bits per heavy atom. The first-order valence-corrected chi connectivity index (χ1v) is 13.8. The molecule has 0 aliphatic rings. The number of unbranched alkanes of at least 4 members (excludes halogenated alkanes) is 1. The molecule has 0 unspecified atom stereocenters. The number of ether oxygens (including phenoxy) is 1. The number of hydrogen-bond acceptors (Lipinski definition) is 5. The summed E-state index contributed by atoms with van der Waals surface area (Å²) in [6.45, 7) is 14.4. The van der Waals surface area contributed by atoms with Crippen molar-refractivity contribution in [3.05, 3.63) is 76.6 Å². The highest BCUT2D eigenvalue weighted by atomic mass is 16.5. The maximum absolute atomic E-state index is 10.7. The molecule has 3 rings (SSSR count). The first-order valence-electron chi connectivity index (χ1n) is 13.8. The van der Waals surface area contributed by atoms with E-state index in [9.17, 15) is 5.11 Å². The molecular weight excluding hydrogens is 460 g/mol. The maximum atomic E-state index is 10.7. The van der Waals surface area contributed by atoms with Crippen molar-refractivity contribution in [3.8, 4) is 5.75 Å².